The van der Waals surface area contributed by atoms with Crippen LogP contribution in [0.4, 0.5) is 0 Å². The molecule has 0 aromatic heterocycles. The van der Waals surface area contributed by atoms with Gasteiger partial charge in [0.25, 0.3) is 0 Å². The van der Waals surface area contributed by atoms with Gasteiger partial charge < -0.3 is 52.1 Å². The quantitative estimate of drug-likeness (QED) is 0.0305. The molecule has 9 rings (SSSR count). The van der Waals surface area contributed by atoms with Crippen LogP contribution in [0.1, 0.15) is 33.4 Å². The minimum absolute atomic E-state index is 0.182. The number of hydrogen-bond donors (Lipinski definition) is 0. The van der Waals surface area contributed by atoms with Gasteiger partial charge in [0.2, 0.25) is 0 Å². The van der Waals surface area contributed by atoms with Gasteiger partial charge in [-0.2, -0.15) is 0 Å². The Balaban J connectivity index is 0.940. The van der Waals surface area contributed by atoms with Crippen LogP contribution in [0.3, 0.4) is 0 Å². The second-order valence-corrected chi connectivity index (χ2v) is 28.2. The van der Waals surface area contributed by atoms with Crippen LogP contribution in [0.15, 0.2) is 217 Å². The molecule has 2 fully saturated rings. The average molecular weight is 1120 g/mol. The van der Waals surface area contributed by atoms with Crippen LogP contribution in [0.2, 0.25) is 25.7 Å². The third-order valence-electron chi connectivity index (χ3n) is 14.0. The van der Waals surface area contributed by atoms with E-state index >= 15 is 0 Å². The van der Waals surface area contributed by atoms with E-state index in [1.165, 1.54) is 0 Å². The highest BCUT2D eigenvalue weighted by Gasteiger charge is 2.50. The van der Waals surface area contributed by atoms with Crippen LogP contribution in [0.5, 0.6) is 0 Å². The van der Waals surface area contributed by atoms with Gasteiger partial charge in [0.1, 0.15) is 54.3 Å². The molecular formula is C67H78O11SSi. The maximum Gasteiger partial charge on any atom is 0.186 e. The van der Waals surface area contributed by atoms with Crippen LogP contribution >= 0.6 is 11.8 Å². The van der Waals surface area contributed by atoms with Gasteiger partial charge in [-0.3, -0.25) is 0 Å². The smallest absolute Gasteiger partial charge is 0.186 e. The van der Waals surface area contributed by atoms with Gasteiger partial charge in [0.05, 0.1) is 66.1 Å². The molecule has 0 unspecified atom stereocenters. The molecule has 0 saturated carbocycles. The molecule has 13 heteroatoms. The zero-order valence-corrected chi connectivity index (χ0v) is 48.2. The van der Waals surface area contributed by atoms with E-state index in [4.69, 9.17) is 52.1 Å². The van der Waals surface area contributed by atoms with E-state index in [-0.39, 0.29) is 26.4 Å². The maximum atomic E-state index is 7.14. The minimum Gasteiger partial charge on any atom is -0.376 e. The van der Waals surface area contributed by atoms with E-state index < -0.39 is 68.6 Å². The van der Waals surface area contributed by atoms with Crippen molar-refractivity contribution < 1.29 is 52.1 Å². The molecule has 0 radical (unpaired) electrons. The molecule has 2 aliphatic heterocycles. The maximum absolute atomic E-state index is 7.14. The van der Waals surface area contributed by atoms with E-state index in [0.717, 1.165) is 44.3 Å². The van der Waals surface area contributed by atoms with Crippen molar-refractivity contribution in [3.8, 4) is 0 Å². The summed E-state index contributed by atoms with van der Waals surface area (Å²) in [4.78, 5) is 1.05. The fourth-order valence-electron chi connectivity index (χ4n) is 9.62. The first-order valence-corrected chi connectivity index (χ1v) is 32.6. The fraction of sp³-hybridized carbons (Fsp3) is 0.373. The standard InChI is InChI=1S/C67H78O11SSi/c1-80(2,3)42-41-70-66-64(75-47-55-33-19-8-20-34-55)62(73-45-53-29-15-6-16-30-53)60(71-43-51-25-11-4-12-26-51)58(77-66)49-68-39-40-69-50-59-61(72-44-52-27-13-5-14-28-52)63(74-46-54-31-17-7-18-32-54)65(76-48-56-35-21-9-22-36-56)67(78-59)79-57-37-23-10-24-38-57/h4-38,58-67H,39-50H2,1-3H3/t58-,59+,60+,61-,62+,63-,64-,65+,66-,67-/m0/s1. The Morgan fingerprint density at radius 3 is 1.02 bits per heavy atom. The van der Waals surface area contributed by atoms with Crippen LogP contribution in [-0.4, -0.2) is 102 Å². The molecule has 2 heterocycles. The van der Waals surface area contributed by atoms with Gasteiger partial charge in [-0.05, 0) is 51.6 Å². The van der Waals surface area contributed by atoms with Crippen molar-refractivity contribution >= 4 is 19.8 Å². The molecule has 422 valence electrons. The first kappa shape index (κ1) is 59.3. The predicted octanol–water partition coefficient (Wildman–Crippen LogP) is 13.1. The van der Waals surface area contributed by atoms with Gasteiger partial charge in [-0.15, -0.1) is 0 Å². The topological polar surface area (TPSA) is 102 Å². The molecule has 7 aromatic rings. The van der Waals surface area contributed by atoms with Crippen molar-refractivity contribution in [2.75, 3.05) is 33.0 Å². The molecule has 10 atom stereocenters. The van der Waals surface area contributed by atoms with E-state index in [9.17, 15) is 0 Å². The molecule has 7 aromatic carbocycles. The molecule has 0 bridgehead atoms. The summed E-state index contributed by atoms with van der Waals surface area (Å²) >= 11 is 1.61. The Hall–Kier alpha value is -5.33. The highest BCUT2D eigenvalue weighted by Crippen LogP contribution is 2.39. The summed E-state index contributed by atoms with van der Waals surface area (Å²) in [6.07, 6.45) is -5.34. The lowest BCUT2D eigenvalue weighted by atomic mass is 9.97. The molecule has 2 aliphatic rings. The lowest BCUT2D eigenvalue weighted by Gasteiger charge is -2.46. The number of benzene rings is 7. The molecule has 2 saturated heterocycles. The van der Waals surface area contributed by atoms with Crippen molar-refractivity contribution in [1.82, 2.24) is 0 Å². The summed E-state index contributed by atoms with van der Waals surface area (Å²) in [6, 6.07) is 72.3. The number of ether oxygens (including phenoxy) is 11. The van der Waals surface area contributed by atoms with E-state index in [0.29, 0.717) is 46.2 Å². The molecule has 11 nitrogen and oxygen atoms in total. The summed E-state index contributed by atoms with van der Waals surface area (Å²) in [5.74, 6) is 0. The van der Waals surface area contributed by atoms with Crippen LogP contribution < -0.4 is 0 Å². The Morgan fingerprint density at radius 1 is 0.338 bits per heavy atom. The summed E-state index contributed by atoms with van der Waals surface area (Å²) in [5.41, 5.74) is 5.75. The lowest BCUT2D eigenvalue weighted by molar-refractivity contribution is -0.327. The van der Waals surface area contributed by atoms with Crippen LogP contribution in [0, 0.1) is 0 Å². The predicted molar refractivity (Wildman–Crippen MR) is 315 cm³/mol. The molecular weight excluding hydrogens is 1040 g/mol. The van der Waals surface area contributed by atoms with Crippen molar-refractivity contribution in [2.45, 2.75) is 131 Å². The summed E-state index contributed by atoms with van der Waals surface area (Å²) in [5, 5.41) is 0. The first-order chi connectivity index (χ1) is 39.3. The summed E-state index contributed by atoms with van der Waals surface area (Å²) in [6.45, 7) is 10.5. The van der Waals surface area contributed by atoms with E-state index in [1.54, 1.807) is 11.8 Å². The largest absolute Gasteiger partial charge is 0.376 e. The van der Waals surface area contributed by atoms with Crippen molar-refractivity contribution in [3.05, 3.63) is 246 Å². The van der Waals surface area contributed by atoms with Gasteiger partial charge in [0, 0.05) is 19.6 Å². The summed E-state index contributed by atoms with van der Waals surface area (Å²) in [7, 11) is -1.47. The van der Waals surface area contributed by atoms with E-state index in [2.05, 4.69) is 105 Å². The van der Waals surface area contributed by atoms with Gasteiger partial charge in [-0.1, -0.05) is 232 Å². The Bertz CT molecular complexity index is 2750. The van der Waals surface area contributed by atoms with Crippen molar-refractivity contribution in [1.29, 1.82) is 0 Å². The Morgan fingerprint density at radius 2 is 0.650 bits per heavy atom. The first-order valence-electron chi connectivity index (χ1n) is 28.0. The zero-order chi connectivity index (χ0) is 55.0. The summed E-state index contributed by atoms with van der Waals surface area (Å²) < 4.78 is 75.6. The van der Waals surface area contributed by atoms with E-state index in [1.807, 2.05) is 127 Å². The second kappa shape index (κ2) is 31.8. The van der Waals surface area contributed by atoms with Crippen molar-refractivity contribution in [2.24, 2.45) is 0 Å². The molecule has 0 N–H and O–H groups in total. The van der Waals surface area contributed by atoms with Crippen LogP contribution in [-0.2, 0) is 91.7 Å². The Labute approximate surface area is 479 Å². The lowest BCUT2D eigenvalue weighted by Crippen LogP contribution is -2.62. The fourth-order valence-corrected chi connectivity index (χ4v) is 11.5. The molecule has 0 aliphatic carbocycles. The van der Waals surface area contributed by atoms with Gasteiger partial charge in [-0.25, -0.2) is 0 Å². The molecule has 80 heavy (non-hydrogen) atoms. The van der Waals surface area contributed by atoms with Crippen molar-refractivity contribution in [3.63, 3.8) is 0 Å². The zero-order valence-electron chi connectivity index (χ0n) is 46.4. The third kappa shape index (κ3) is 18.9. The van der Waals surface area contributed by atoms with Crippen LogP contribution in [0.25, 0.3) is 0 Å². The normalized spacial score (nSPS) is 23.2. The van der Waals surface area contributed by atoms with Gasteiger partial charge in [0.15, 0.2) is 6.29 Å². The number of thioether (sulfide) groups is 1. The Kier molecular flexibility index (Phi) is 23.5. The third-order valence-corrected chi connectivity index (χ3v) is 16.8. The monoisotopic (exact) mass is 1120 g/mol. The minimum atomic E-state index is -1.47. The van der Waals surface area contributed by atoms with Gasteiger partial charge >= 0.3 is 0 Å². The molecule has 0 spiro atoms. The number of rotatable bonds is 31. The SMILES string of the molecule is C[Si](C)(C)CCO[C@H]1O[C@@H](COCCOC[C@H]2O[C@@H](Sc3ccccc3)[C@H](OCc3ccccc3)[C@@H](OCc3ccccc3)[C@H]2OCc2ccccc2)[C@@H](OCc2ccccc2)[C@@H](OCc2ccccc2)[C@@H]1OCc1ccccc1. The number of hydrogen-bond acceptors (Lipinski definition) is 12. The molecule has 0 amide bonds. The highest BCUT2D eigenvalue weighted by atomic mass is 32.2. The average Bonchev–Trinajstić information content (AvgIpc) is 3.51. The highest BCUT2D eigenvalue weighted by molar-refractivity contribution is 7.99. The second-order valence-electron chi connectivity index (χ2n) is 21.4.